The van der Waals surface area contributed by atoms with Gasteiger partial charge in [-0.1, -0.05) is 50.7 Å². The van der Waals surface area contributed by atoms with E-state index in [0.717, 1.165) is 51.4 Å². The standard InChI is InChI=1S/C30H42N2O6/c33-27-19-15-25(16-20-27)31-29(35)37-23-13-11-9-7-5-3-1-2-4-6-8-10-12-14-24-38-30(36)32-26-17-21-28(34)22-18-26/h1-2,15-22,33-34H,3-14,23-24H2,(H,31,35)(H,32,36). The Bertz CT molecular complexity index is 867. The first-order valence-electron chi connectivity index (χ1n) is 13.6. The van der Waals surface area contributed by atoms with Crippen molar-refractivity contribution in [2.24, 2.45) is 0 Å². The van der Waals surface area contributed by atoms with Gasteiger partial charge in [0.25, 0.3) is 0 Å². The first-order chi connectivity index (χ1) is 18.5. The molecule has 0 aliphatic rings. The zero-order valence-corrected chi connectivity index (χ0v) is 22.2. The molecule has 0 aromatic heterocycles. The van der Waals surface area contributed by atoms with Gasteiger partial charge in [0.15, 0.2) is 0 Å². The summed E-state index contributed by atoms with van der Waals surface area (Å²) in [5, 5.41) is 23.7. The number of benzene rings is 2. The van der Waals surface area contributed by atoms with Crippen LogP contribution in [0.1, 0.15) is 77.0 Å². The number of anilines is 2. The molecule has 208 valence electrons. The number of carbonyl (C=O) groups excluding carboxylic acids is 2. The van der Waals surface area contributed by atoms with E-state index in [-0.39, 0.29) is 11.5 Å². The summed E-state index contributed by atoms with van der Waals surface area (Å²) in [6.45, 7) is 0.820. The van der Waals surface area contributed by atoms with E-state index in [0.29, 0.717) is 24.6 Å². The Balaban J connectivity index is 1.29. The number of carbonyl (C=O) groups is 2. The highest BCUT2D eigenvalue weighted by molar-refractivity contribution is 5.85. The Morgan fingerprint density at radius 2 is 0.895 bits per heavy atom. The number of allylic oxidation sites excluding steroid dienone is 2. The summed E-state index contributed by atoms with van der Waals surface area (Å²) >= 11 is 0. The average Bonchev–Trinajstić information content (AvgIpc) is 2.90. The van der Waals surface area contributed by atoms with Crippen LogP contribution in [-0.2, 0) is 9.47 Å². The lowest BCUT2D eigenvalue weighted by molar-refractivity contribution is 0.158. The molecule has 0 heterocycles. The second-order valence-corrected chi connectivity index (χ2v) is 9.20. The van der Waals surface area contributed by atoms with Crippen LogP contribution in [0.25, 0.3) is 0 Å². The number of rotatable bonds is 18. The number of nitrogens with one attached hydrogen (secondary N) is 2. The van der Waals surface area contributed by atoms with Gasteiger partial charge in [-0.15, -0.1) is 0 Å². The van der Waals surface area contributed by atoms with Crippen LogP contribution in [-0.4, -0.2) is 35.6 Å². The molecule has 4 N–H and O–H groups in total. The average molecular weight is 527 g/mol. The van der Waals surface area contributed by atoms with Gasteiger partial charge in [0.2, 0.25) is 0 Å². The Hall–Kier alpha value is -3.68. The van der Waals surface area contributed by atoms with E-state index in [9.17, 15) is 19.8 Å². The first kappa shape index (κ1) is 30.5. The topological polar surface area (TPSA) is 117 Å². The molecular formula is C30H42N2O6. The largest absolute Gasteiger partial charge is 0.508 e. The van der Waals surface area contributed by atoms with Gasteiger partial charge < -0.3 is 19.7 Å². The van der Waals surface area contributed by atoms with E-state index in [2.05, 4.69) is 22.8 Å². The number of hydrogen-bond acceptors (Lipinski definition) is 6. The summed E-state index contributed by atoms with van der Waals surface area (Å²) in [5.41, 5.74) is 1.19. The predicted molar refractivity (Wildman–Crippen MR) is 151 cm³/mol. The molecule has 38 heavy (non-hydrogen) atoms. The van der Waals surface area contributed by atoms with Gasteiger partial charge in [-0.3, -0.25) is 10.6 Å². The molecule has 8 nitrogen and oxygen atoms in total. The monoisotopic (exact) mass is 526 g/mol. The van der Waals surface area contributed by atoms with Gasteiger partial charge in [0.05, 0.1) is 13.2 Å². The molecule has 0 atom stereocenters. The highest BCUT2D eigenvalue weighted by Gasteiger charge is 2.04. The number of hydrogen-bond donors (Lipinski definition) is 4. The third kappa shape index (κ3) is 15.4. The van der Waals surface area contributed by atoms with Crippen LogP contribution in [0.2, 0.25) is 0 Å². The van der Waals surface area contributed by atoms with Gasteiger partial charge >= 0.3 is 12.2 Å². The summed E-state index contributed by atoms with van der Waals surface area (Å²) in [7, 11) is 0. The predicted octanol–water partition coefficient (Wildman–Crippen LogP) is 8.13. The van der Waals surface area contributed by atoms with Gasteiger partial charge in [-0.05, 0) is 87.1 Å². The highest BCUT2D eigenvalue weighted by Crippen LogP contribution is 2.15. The number of aromatic hydroxyl groups is 2. The molecule has 0 aliphatic heterocycles. The molecule has 0 aliphatic carbocycles. The second kappa shape index (κ2) is 19.4. The summed E-state index contributed by atoms with van der Waals surface area (Å²) in [6.07, 6.45) is 16.6. The van der Waals surface area contributed by atoms with Crippen molar-refractivity contribution in [3.63, 3.8) is 0 Å². The van der Waals surface area contributed by atoms with Crippen LogP contribution in [0, 0.1) is 0 Å². The Morgan fingerprint density at radius 1 is 0.553 bits per heavy atom. The lowest BCUT2D eigenvalue weighted by atomic mass is 10.1. The number of phenolic OH excluding ortho intramolecular Hbond substituents is 2. The zero-order valence-electron chi connectivity index (χ0n) is 22.2. The minimum absolute atomic E-state index is 0.155. The van der Waals surface area contributed by atoms with Crippen molar-refractivity contribution < 1.29 is 29.3 Å². The molecule has 0 bridgehead atoms. The van der Waals surface area contributed by atoms with Crippen molar-refractivity contribution in [2.45, 2.75) is 77.0 Å². The fourth-order valence-electron chi connectivity index (χ4n) is 3.75. The van der Waals surface area contributed by atoms with Crippen LogP contribution < -0.4 is 10.6 Å². The van der Waals surface area contributed by atoms with Crippen molar-refractivity contribution in [1.82, 2.24) is 0 Å². The molecule has 0 fully saturated rings. The fraction of sp³-hybridized carbons (Fsp3) is 0.467. The maximum Gasteiger partial charge on any atom is 0.411 e. The van der Waals surface area contributed by atoms with Crippen molar-refractivity contribution in [2.75, 3.05) is 23.8 Å². The zero-order chi connectivity index (χ0) is 27.3. The highest BCUT2D eigenvalue weighted by atomic mass is 16.6. The third-order valence-corrected chi connectivity index (χ3v) is 5.89. The van der Waals surface area contributed by atoms with E-state index in [1.165, 1.54) is 49.9 Å². The lowest BCUT2D eigenvalue weighted by Crippen LogP contribution is -2.14. The third-order valence-electron chi connectivity index (χ3n) is 5.89. The summed E-state index contributed by atoms with van der Waals surface area (Å²) < 4.78 is 10.4. The normalized spacial score (nSPS) is 10.8. The molecule has 0 saturated carbocycles. The maximum atomic E-state index is 11.7. The van der Waals surface area contributed by atoms with Crippen molar-refractivity contribution in [3.8, 4) is 11.5 Å². The van der Waals surface area contributed by atoms with Gasteiger partial charge in [0, 0.05) is 11.4 Å². The SMILES string of the molecule is O=C(Nc1ccc(O)cc1)OCCCCCCCC=CCCCCCCCOC(=O)Nc1ccc(O)cc1. The fourth-order valence-corrected chi connectivity index (χ4v) is 3.75. The van der Waals surface area contributed by atoms with Gasteiger partial charge in [0.1, 0.15) is 11.5 Å². The molecule has 2 amide bonds. The minimum Gasteiger partial charge on any atom is -0.508 e. The van der Waals surface area contributed by atoms with Gasteiger partial charge in [-0.25, -0.2) is 9.59 Å². The van der Waals surface area contributed by atoms with Crippen LogP contribution in [0.4, 0.5) is 21.0 Å². The molecule has 2 aromatic rings. The summed E-state index contributed by atoms with van der Waals surface area (Å²) in [4.78, 5) is 23.4. The summed E-state index contributed by atoms with van der Waals surface area (Å²) in [6, 6.07) is 12.5. The molecule has 0 saturated heterocycles. The first-order valence-corrected chi connectivity index (χ1v) is 13.6. The van der Waals surface area contributed by atoms with E-state index in [4.69, 9.17) is 9.47 Å². The Morgan fingerprint density at radius 3 is 1.29 bits per heavy atom. The van der Waals surface area contributed by atoms with E-state index < -0.39 is 12.2 Å². The minimum atomic E-state index is -0.470. The molecular weight excluding hydrogens is 484 g/mol. The second-order valence-electron chi connectivity index (χ2n) is 9.20. The van der Waals surface area contributed by atoms with E-state index in [1.54, 1.807) is 24.3 Å². The van der Waals surface area contributed by atoms with Crippen molar-refractivity contribution >= 4 is 23.6 Å². The maximum absolute atomic E-state index is 11.7. The number of phenols is 2. The van der Waals surface area contributed by atoms with Crippen molar-refractivity contribution in [1.29, 1.82) is 0 Å². The molecule has 2 aromatic carbocycles. The smallest absolute Gasteiger partial charge is 0.411 e. The van der Waals surface area contributed by atoms with Gasteiger partial charge in [-0.2, -0.15) is 0 Å². The number of amides is 2. The summed E-state index contributed by atoms with van der Waals surface area (Å²) in [5.74, 6) is 0.311. The van der Waals surface area contributed by atoms with E-state index >= 15 is 0 Å². The Labute approximate surface area is 226 Å². The van der Waals surface area contributed by atoms with Crippen LogP contribution in [0.15, 0.2) is 60.7 Å². The number of unbranched alkanes of at least 4 members (excludes halogenated alkanes) is 10. The molecule has 0 unspecified atom stereocenters. The molecule has 0 spiro atoms. The van der Waals surface area contributed by atoms with Crippen molar-refractivity contribution in [3.05, 3.63) is 60.7 Å². The van der Waals surface area contributed by atoms with Crippen LogP contribution in [0.5, 0.6) is 11.5 Å². The van der Waals surface area contributed by atoms with E-state index in [1.807, 2.05) is 0 Å². The lowest BCUT2D eigenvalue weighted by Gasteiger charge is -2.07. The quantitative estimate of drug-likeness (QED) is 0.0885. The van der Waals surface area contributed by atoms with Crippen LogP contribution >= 0.6 is 0 Å². The molecule has 2 rings (SSSR count). The van der Waals surface area contributed by atoms with Crippen LogP contribution in [0.3, 0.4) is 0 Å². The molecule has 8 heteroatoms. The number of ether oxygens (including phenoxy) is 2. The molecule has 0 radical (unpaired) electrons. The Kier molecular flexibility index (Phi) is 15.6.